The molecule has 0 aromatic heterocycles. The zero-order chi connectivity index (χ0) is 56.8. The molecule has 10 nitrogen and oxygen atoms in total. The standard InChI is InChI=1S/C14H28O2.2C12H24O2.C11H22O2.C10H20O2.5CH4/c1-9-13(6,7)12(15)16-14(8,10(2)3)11(4)5;1-8-11(4,5)10(13)14-12(6,7)9(2)3;1-7-11(4,5)10(13)14-12(6,8-2)9-3;1-7-10(3,4)9(12)13-11(5,6)8-2;1-7-10(5,6)8(11)12-9(2,3)4;;;;;/h10-11H,9H2,1-8H3;9H,8H2,1-7H3;7-9H2,1-6H3;7-8H2,1-6H3;7H2,1-6H3;5*1H4. The van der Waals surface area contributed by atoms with Gasteiger partial charge in [0, 0.05) is 0 Å². The van der Waals surface area contributed by atoms with Gasteiger partial charge in [0.25, 0.3) is 0 Å². The minimum atomic E-state index is -0.384. The average Bonchev–Trinajstić information content (AvgIpc) is 3.23. The summed E-state index contributed by atoms with van der Waals surface area (Å²) in [6, 6.07) is 0. The fourth-order valence-electron chi connectivity index (χ4n) is 4.09. The number of carbonyl (C=O) groups is 5. The maximum Gasteiger partial charge on any atom is 0.312 e. The van der Waals surface area contributed by atoms with Gasteiger partial charge in [-0.3, -0.25) is 24.0 Å². The third-order valence-electron chi connectivity index (χ3n) is 15.0. The summed E-state index contributed by atoms with van der Waals surface area (Å²) in [4.78, 5) is 58.8. The summed E-state index contributed by atoms with van der Waals surface area (Å²) >= 11 is 0. The summed E-state index contributed by atoms with van der Waals surface area (Å²) in [5.74, 6) is 0.511. The molecule has 74 heavy (non-hydrogen) atoms. The molecule has 0 saturated heterocycles. The quantitative estimate of drug-likeness (QED) is 0.0857. The highest BCUT2D eigenvalue weighted by atomic mass is 16.6. The highest BCUT2D eigenvalue weighted by molar-refractivity contribution is 5.78. The lowest BCUT2D eigenvalue weighted by molar-refractivity contribution is -0.179. The molecule has 0 aliphatic heterocycles. The van der Waals surface area contributed by atoms with Crippen LogP contribution in [0.4, 0.5) is 0 Å². The molecule has 0 spiro atoms. The topological polar surface area (TPSA) is 132 Å². The second-order valence-electron chi connectivity index (χ2n) is 25.8. The Labute approximate surface area is 465 Å². The molecule has 0 aromatic rings. The Balaban J connectivity index is -0.0000000853. The minimum absolute atomic E-state index is 0. The number of hydrogen-bond donors (Lipinski definition) is 0. The highest BCUT2D eigenvalue weighted by Gasteiger charge is 2.40. The maximum absolute atomic E-state index is 12.1. The lowest BCUT2D eigenvalue weighted by Crippen LogP contribution is -2.45. The van der Waals surface area contributed by atoms with E-state index >= 15 is 0 Å². The van der Waals surface area contributed by atoms with Crippen molar-refractivity contribution in [2.75, 3.05) is 0 Å². The van der Waals surface area contributed by atoms with Crippen LogP contribution in [-0.2, 0) is 47.7 Å². The molecule has 454 valence electrons. The van der Waals surface area contributed by atoms with Crippen LogP contribution in [0.3, 0.4) is 0 Å². The van der Waals surface area contributed by atoms with E-state index in [0.717, 1.165) is 51.4 Å². The molecule has 0 aliphatic carbocycles. The van der Waals surface area contributed by atoms with Crippen LogP contribution in [0.25, 0.3) is 0 Å². The SMILES string of the molecule is C.C.C.C.C.CCC(C)(C)C(=O)OC(C)(C(C)C)C(C)C.CCC(C)(C)C(=O)OC(C)(C)C.CCC(C)(C)C(=O)OC(C)(C)C(C)C.CCC(C)(C)OC(=O)C(C)(C)CC.CCC(C)(CC)OC(=O)C(C)(C)CC. The molecule has 0 heterocycles. The second-order valence-corrected chi connectivity index (χ2v) is 25.8. The molecule has 0 N–H and O–H groups in total. The van der Waals surface area contributed by atoms with Crippen molar-refractivity contribution >= 4 is 29.8 Å². The Morgan fingerprint density at radius 3 is 0.730 bits per heavy atom. The lowest BCUT2D eigenvalue weighted by atomic mass is 9.81. The summed E-state index contributed by atoms with van der Waals surface area (Å²) in [6.45, 7) is 65.4. The van der Waals surface area contributed by atoms with Gasteiger partial charge in [0.1, 0.15) is 28.0 Å². The molecule has 0 aromatic carbocycles. The van der Waals surface area contributed by atoms with E-state index in [1.54, 1.807) is 0 Å². The largest absolute Gasteiger partial charge is 0.460 e. The van der Waals surface area contributed by atoms with Crippen molar-refractivity contribution in [1.29, 1.82) is 0 Å². The number of hydrogen-bond acceptors (Lipinski definition) is 10. The van der Waals surface area contributed by atoms with Gasteiger partial charge in [0.15, 0.2) is 0 Å². The van der Waals surface area contributed by atoms with Gasteiger partial charge in [0.2, 0.25) is 0 Å². The summed E-state index contributed by atoms with van der Waals surface area (Å²) in [5.41, 5.74) is -3.55. The van der Waals surface area contributed by atoms with Gasteiger partial charge >= 0.3 is 29.8 Å². The summed E-state index contributed by atoms with van der Waals surface area (Å²) in [7, 11) is 0. The number of ether oxygens (including phenoxy) is 5. The van der Waals surface area contributed by atoms with Gasteiger partial charge in [-0.25, -0.2) is 0 Å². The first kappa shape index (κ1) is 93.8. The van der Waals surface area contributed by atoms with Crippen molar-refractivity contribution in [1.82, 2.24) is 0 Å². The van der Waals surface area contributed by atoms with Crippen LogP contribution in [0.5, 0.6) is 0 Å². The predicted octanol–water partition coefficient (Wildman–Crippen LogP) is 20.1. The molecule has 0 bridgehead atoms. The van der Waals surface area contributed by atoms with Gasteiger partial charge < -0.3 is 23.7 Å². The van der Waals surface area contributed by atoms with Crippen molar-refractivity contribution < 1.29 is 47.7 Å². The first-order valence-corrected chi connectivity index (χ1v) is 26.6. The zero-order valence-electron chi connectivity index (χ0n) is 52.0. The fraction of sp³-hybridized carbons (Fsp3) is 0.922. The van der Waals surface area contributed by atoms with Crippen LogP contribution in [0.15, 0.2) is 0 Å². The third kappa shape index (κ3) is 36.4. The van der Waals surface area contributed by atoms with E-state index in [-0.39, 0.29) is 122 Å². The highest BCUT2D eigenvalue weighted by Crippen LogP contribution is 2.34. The van der Waals surface area contributed by atoms with Crippen LogP contribution >= 0.6 is 0 Å². The first-order chi connectivity index (χ1) is 30.5. The summed E-state index contributed by atoms with van der Waals surface area (Å²) in [5, 5.41) is 0. The van der Waals surface area contributed by atoms with Crippen molar-refractivity contribution in [3.63, 3.8) is 0 Å². The smallest absolute Gasteiger partial charge is 0.312 e. The fourth-order valence-corrected chi connectivity index (χ4v) is 4.09. The Morgan fingerprint density at radius 2 is 0.527 bits per heavy atom. The van der Waals surface area contributed by atoms with E-state index in [4.69, 9.17) is 23.7 Å². The molecule has 0 amide bonds. The first-order valence-electron chi connectivity index (χ1n) is 26.6. The Bertz CT molecular complexity index is 1460. The van der Waals surface area contributed by atoms with E-state index in [1.807, 2.05) is 173 Å². The average molecular weight is 1070 g/mol. The van der Waals surface area contributed by atoms with Crippen LogP contribution < -0.4 is 0 Å². The predicted molar refractivity (Wildman–Crippen MR) is 325 cm³/mol. The van der Waals surface area contributed by atoms with Gasteiger partial charge in [-0.05, 0) is 201 Å². The second kappa shape index (κ2) is 38.0. The van der Waals surface area contributed by atoms with Crippen LogP contribution in [0.1, 0.15) is 317 Å². The minimum Gasteiger partial charge on any atom is -0.460 e. The van der Waals surface area contributed by atoms with Gasteiger partial charge in [-0.2, -0.15) is 0 Å². The zero-order valence-corrected chi connectivity index (χ0v) is 52.0. The molecular formula is C64H138O10. The van der Waals surface area contributed by atoms with Crippen LogP contribution in [-0.4, -0.2) is 57.9 Å². The normalized spacial score (nSPS) is 12.1. The molecule has 0 fully saturated rings. The number of rotatable bonds is 20. The molecule has 0 rings (SSSR count). The van der Waals surface area contributed by atoms with Gasteiger partial charge in [-0.15, -0.1) is 0 Å². The molecule has 0 aliphatic rings. The monoisotopic (exact) mass is 1070 g/mol. The van der Waals surface area contributed by atoms with Crippen LogP contribution in [0.2, 0.25) is 0 Å². The van der Waals surface area contributed by atoms with E-state index in [1.165, 1.54) is 0 Å². The van der Waals surface area contributed by atoms with Crippen molar-refractivity contribution in [3.05, 3.63) is 0 Å². The molecular weight excluding hydrogens is 929 g/mol. The Morgan fingerprint density at radius 1 is 0.297 bits per heavy atom. The Kier molecular flexibility index (Phi) is 48.2. The van der Waals surface area contributed by atoms with Crippen molar-refractivity contribution in [2.45, 2.75) is 345 Å². The molecule has 0 atom stereocenters. The van der Waals surface area contributed by atoms with E-state index in [9.17, 15) is 24.0 Å². The van der Waals surface area contributed by atoms with E-state index in [0.29, 0.717) is 17.8 Å². The summed E-state index contributed by atoms with van der Waals surface area (Å²) in [6.07, 6.45) is 6.63. The number of carbonyl (C=O) groups excluding carboxylic acids is 5. The van der Waals surface area contributed by atoms with E-state index < -0.39 is 0 Å². The summed E-state index contributed by atoms with van der Waals surface area (Å²) < 4.78 is 27.5. The van der Waals surface area contributed by atoms with Crippen molar-refractivity contribution in [2.24, 2.45) is 44.8 Å². The van der Waals surface area contributed by atoms with E-state index in [2.05, 4.69) is 55.4 Å². The van der Waals surface area contributed by atoms with Crippen molar-refractivity contribution in [3.8, 4) is 0 Å². The van der Waals surface area contributed by atoms with Gasteiger partial charge in [-0.1, -0.05) is 134 Å². The lowest BCUT2D eigenvalue weighted by Gasteiger charge is -2.39. The molecule has 0 radical (unpaired) electrons. The molecule has 0 saturated carbocycles. The Hall–Kier alpha value is -2.65. The molecule has 0 unspecified atom stereocenters. The maximum atomic E-state index is 12.1. The molecule has 10 heteroatoms. The van der Waals surface area contributed by atoms with Gasteiger partial charge in [0.05, 0.1) is 27.1 Å². The van der Waals surface area contributed by atoms with Crippen LogP contribution in [0, 0.1) is 44.8 Å². The number of esters is 5. The third-order valence-corrected chi connectivity index (χ3v) is 15.0.